The van der Waals surface area contributed by atoms with Crippen molar-refractivity contribution < 1.29 is 23.0 Å². The molecule has 0 saturated heterocycles. The number of aryl methyl sites for hydroxylation is 1. The minimum Gasteiger partial charge on any atom is -0.482 e. The van der Waals surface area contributed by atoms with E-state index in [0.717, 1.165) is 11.3 Å². The van der Waals surface area contributed by atoms with Crippen LogP contribution in [0.2, 0.25) is 0 Å². The number of carbonyl (C=O) groups excluding carboxylic acids is 1. The number of alkyl halides is 2. The van der Waals surface area contributed by atoms with Crippen molar-refractivity contribution in [3.63, 3.8) is 0 Å². The van der Waals surface area contributed by atoms with Gasteiger partial charge in [0, 0.05) is 32.2 Å². The maximum Gasteiger partial charge on any atom is 0.387 e. The van der Waals surface area contributed by atoms with Gasteiger partial charge in [-0.05, 0) is 31.5 Å². The summed E-state index contributed by atoms with van der Waals surface area (Å²) < 4.78 is 35.3. The van der Waals surface area contributed by atoms with Crippen LogP contribution in [0.4, 0.5) is 14.5 Å². The molecule has 0 saturated carbocycles. The standard InChI is InChI=1S/C22H26F2N4O3.HI/c1-15-8-9-18(31-21(23)24)16(12-15)13-27-22(25-2)26-10-5-11-28-17-6-3-4-7-19(17)30-14-20(28)29;/h3-4,6-9,12,21H,5,10-11,13-14H2,1-2H3,(H2,25,26,27);1H. The molecule has 0 aliphatic carbocycles. The molecule has 0 spiro atoms. The Morgan fingerprint density at radius 3 is 2.78 bits per heavy atom. The maximum atomic E-state index is 12.6. The lowest BCUT2D eigenvalue weighted by Crippen LogP contribution is -2.42. The summed E-state index contributed by atoms with van der Waals surface area (Å²) in [5.41, 5.74) is 2.32. The number of fused-ring (bicyclic) bond motifs is 1. The third-order valence-corrected chi connectivity index (χ3v) is 4.76. The van der Waals surface area contributed by atoms with Crippen LogP contribution in [0.1, 0.15) is 17.5 Å². The minimum absolute atomic E-state index is 0. The topological polar surface area (TPSA) is 75.2 Å². The van der Waals surface area contributed by atoms with E-state index in [1.807, 2.05) is 31.2 Å². The second-order valence-electron chi connectivity index (χ2n) is 7.00. The summed E-state index contributed by atoms with van der Waals surface area (Å²) in [6, 6.07) is 12.5. The first-order valence-electron chi connectivity index (χ1n) is 9.99. The number of nitrogens with one attached hydrogen (secondary N) is 2. The van der Waals surface area contributed by atoms with Gasteiger partial charge in [0.05, 0.1) is 5.69 Å². The van der Waals surface area contributed by atoms with Crippen LogP contribution in [0, 0.1) is 6.92 Å². The molecule has 7 nitrogen and oxygen atoms in total. The zero-order valence-corrected chi connectivity index (χ0v) is 20.3. The SMILES string of the molecule is CN=C(NCCCN1C(=O)COc2ccccc21)NCc1cc(C)ccc1OC(F)F.I. The lowest BCUT2D eigenvalue weighted by Gasteiger charge is -2.29. The van der Waals surface area contributed by atoms with Crippen LogP contribution in [0.15, 0.2) is 47.5 Å². The highest BCUT2D eigenvalue weighted by Crippen LogP contribution is 2.31. The average molecular weight is 560 g/mol. The second-order valence-corrected chi connectivity index (χ2v) is 7.00. The minimum atomic E-state index is -2.88. The molecule has 0 fully saturated rings. The number of ether oxygens (including phenoxy) is 2. The number of rotatable bonds is 8. The Bertz CT molecular complexity index is 943. The van der Waals surface area contributed by atoms with Gasteiger partial charge >= 0.3 is 6.61 Å². The van der Waals surface area contributed by atoms with Crippen LogP contribution in [-0.4, -0.2) is 45.2 Å². The van der Waals surface area contributed by atoms with Crippen LogP contribution in [0.25, 0.3) is 0 Å². The number of nitrogens with zero attached hydrogens (tertiary/aromatic N) is 2. The van der Waals surface area contributed by atoms with Crippen LogP contribution >= 0.6 is 24.0 Å². The molecule has 0 unspecified atom stereocenters. The van der Waals surface area contributed by atoms with E-state index in [1.54, 1.807) is 24.1 Å². The quantitative estimate of drug-likeness (QED) is 0.223. The first-order valence-corrected chi connectivity index (χ1v) is 9.99. The van der Waals surface area contributed by atoms with Gasteiger partial charge in [-0.2, -0.15) is 8.78 Å². The summed E-state index contributed by atoms with van der Waals surface area (Å²) in [5, 5.41) is 6.28. The summed E-state index contributed by atoms with van der Waals surface area (Å²) in [6.07, 6.45) is 0.685. The van der Waals surface area contributed by atoms with E-state index in [9.17, 15) is 13.6 Å². The molecule has 0 aromatic heterocycles. The van der Waals surface area contributed by atoms with Crippen molar-refractivity contribution in [3.8, 4) is 11.5 Å². The van der Waals surface area contributed by atoms with Crippen molar-refractivity contribution in [2.75, 3.05) is 31.6 Å². The highest BCUT2D eigenvalue weighted by Gasteiger charge is 2.24. The van der Waals surface area contributed by atoms with E-state index >= 15 is 0 Å². The fraction of sp³-hybridized carbons (Fsp3) is 0.364. The molecule has 2 aromatic carbocycles. The number of aliphatic imine (C=N–C) groups is 1. The van der Waals surface area contributed by atoms with Crippen molar-refractivity contribution in [2.24, 2.45) is 4.99 Å². The van der Waals surface area contributed by atoms with Gasteiger partial charge in [-0.25, -0.2) is 0 Å². The molecule has 3 rings (SSSR count). The Kier molecular flexibility index (Phi) is 9.95. The van der Waals surface area contributed by atoms with E-state index < -0.39 is 6.61 Å². The maximum absolute atomic E-state index is 12.6. The molecule has 1 heterocycles. The van der Waals surface area contributed by atoms with E-state index in [1.165, 1.54) is 6.07 Å². The van der Waals surface area contributed by atoms with E-state index in [-0.39, 0.29) is 48.8 Å². The zero-order chi connectivity index (χ0) is 22.2. The largest absolute Gasteiger partial charge is 0.482 e. The third kappa shape index (κ3) is 6.94. The van der Waals surface area contributed by atoms with Crippen LogP contribution < -0.4 is 25.0 Å². The number of hydrogen-bond donors (Lipinski definition) is 2. The van der Waals surface area contributed by atoms with Crippen LogP contribution in [-0.2, 0) is 11.3 Å². The number of hydrogen-bond acceptors (Lipinski definition) is 4. The number of para-hydroxylation sites is 2. The third-order valence-electron chi connectivity index (χ3n) is 4.76. The molecule has 1 aliphatic rings. The van der Waals surface area contributed by atoms with E-state index in [0.29, 0.717) is 36.8 Å². The normalized spacial score (nSPS) is 13.2. The number of halogens is 3. The molecule has 1 aliphatic heterocycles. The Morgan fingerprint density at radius 1 is 1.25 bits per heavy atom. The van der Waals surface area contributed by atoms with Gasteiger partial charge in [-0.1, -0.05) is 29.8 Å². The molecule has 32 heavy (non-hydrogen) atoms. The van der Waals surface area contributed by atoms with Crippen molar-refractivity contribution in [1.29, 1.82) is 0 Å². The number of guanidine groups is 1. The Morgan fingerprint density at radius 2 is 2.03 bits per heavy atom. The predicted molar refractivity (Wildman–Crippen MR) is 130 cm³/mol. The van der Waals surface area contributed by atoms with Crippen LogP contribution in [0.5, 0.6) is 11.5 Å². The lowest BCUT2D eigenvalue weighted by molar-refractivity contribution is -0.121. The molecule has 0 atom stereocenters. The molecular weight excluding hydrogens is 533 g/mol. The van der Waals surface area contributed by atoms with Gasteiger partial charge in [0.15, 0.2) is 12.6 Å². The van der Waals surface area contributed by atoms with Crippen molar-refractivity contribution in [1.82, 2.24) is 10.6 Å². The number of benzene rings is 2. The first-order chi connectivity index (χ1) is 15.0. The van der Waals surface area contributed by atoms with Gasteiger partial charge in [0.2, 0.25) is 0 Å². The molecule has 10 heteroatoms. The summed E-state index contributed by atoms with van der Waals surface area (Å²) in [5.74, 6) is 1.28. The fourth-order valence-corrected chi connectivity index (χ4v) is 3.30. The molecule has 174 valence electrons. The Hall–Kier alpha value is -2.63. The molecule has 2 aromatic rings. The summed E-state index contributed by atoms with van der Waals surface area (Å²) in [7, 11) is 1.63. The number of carbonyl (C=O) groups is 1. The smallest absolute Gasteiger partial charge is 0.387 e. The molecule has 2 N–H and O–H groups in total. The molecular formula is C22H27F2IN4O3. The van der Waals surface area contributed by atoms with Gasteiger partial charge in [0.25, 0.3) is 5.91 Å². The van der Waals surface area contributed by atoms with Gasteiger partial charge in [-0.15, -0.1) is 24.0 Å². The van der Waals surface area contributed by atoms with E-state index in [4.69, 9.17) is 4.74 Å². The van der Waals surface area contributed by atoms with Crippen molar-refractivity contribution in [3.05, 3.63) is 53.6 Å². The monoisotopic (exact) mass is 560 g/mol. The van der Waals surface area contributed by atoms with Gasteiger partial charge in [0.1, 0.15) is 11.5 Å². The summed E-state index contributed by atoms with van der Waals surface area (Å²) >= 11 is 0. The van der Waals surface area contributed by atoms with Gasteiger partial charge < -0.3 is 25.0 Å². The average Bonchev–Trinajstić information content (AvgIpc) is 2.75. The van der Waals surface area contributed by atoms with E-state index in [2.05, 4.69) is 20.4 Å². The molecule has 0 radical (unpaired) electrons. The number of anilines is 1. The zero-order valence-electron chi connectivity index (χ0n) is 17.9. The highest BCUT2D eigenvalue weighted by atomic mass is 127. The Balaban J connectivity index is 0.00000363. The molecule has 1 amide bonds. The lowest BCUT2D eigenvalue weighted by atomic mass is 10.1. The Labute approximate surface area is 203 Å². The van der Waals surface area contributed by atoms with Crippen molar-refractivity contribution in [2.45, 2.75) is 26.5 Å². The number of amides is 1. The predicted octanol–water partition coefficient (Wildman–Crippen LogP) is 3.70. The first kappa shape index (κ1) is 25.6. The van der Waals surface area contributed by atoms with Crippen LogP contribution in [0.3, 0.4) is 0 Å². The fourth-order valence-electron chi connectivity index (χ4n) is 3.30. The summed E-state index contributed by atoms with van der Waals surface area (Å²) in [4.78, 5) is 18.1. The van der Waals surface area contributed by atoms with Gasteiger partial charge in [-0.3, -0.25) is 9.79 Å². The molecule has 0 bridgehead atoms. The second kappa shape index (κ2) is 12.4. The summed E-state index contributed by atoms with van der Waals surface area (Å²) in [6.45, 7) is 0.417. The van der Waals surface area contributed by atoms with Crippen molar-refractivity contribution >= 4 is 41.5 Å². The highest BCUT2D eigenvalue weighted by molar-refractivity contribution is 14.0.